The Labute approximate surface area is 116 Å². The van der Waals surface area contributed by atoms with Gasteiger partial charge in [-0.3, -0.25) is 4.79 Å². The molecule has 0 aromatic carbocycles. The summed E-state index contributed by atoms with van der Waals surface area (Å²) in [6.45, 7) is 5.68. The van der Waals surface area contributed by atoms with E-state index in [-0.39, 0.29) is 16.6 Å². The lowest BCUT2D eigenvalue weighted by molar-refractivity contribution is 0.0691. The van der Waals surface area contributed by atoms with Gasteiger partial charge >= 0.3 is 5.97 Å². The Hall–Kier alpha value is -1.47. The number of amides is 1. The predicted molar refractivity (Wildman–Crippen MR) is 73.8 cm³/mol. The molecule has 1 aromatic rings. The molecule has 106 valence electrons. The molecule has 0 fully saturated rings. The molecule has 0 aliphatic rings. The maximum Gasteiger partial charge on any atom is 0.355 e. The summed E-state index contributed by atoms with van der Waals surface area (Å²) in [4.78, 5) is 28.3. The van der Waals surface area contributed by atoms with Crippen LogP contribution >= 0.6 is 11.3 Å². The number of carbonyl (C=O) groups excluding carboxylic acids is 1. The second-order valence-corrected chi connectivity index (χ2v) is 5.38. The second-order valence-electron chi connectivity index (χ2n) is 4.53. The molecular weight excluding hydrogens is 266 g/mol. The molecule has 0 atom stereocenters. The van der Waals surface area contributed by atoms with Crippen molar-refractivity contribution >= 4 is 23.2 Å². The van der Waals surface area contributed by atoms with Crippen LogP contribution in [0.3, 0.4) is 0 Å². The van der Waals surface area contributed by atoms with E-state index in [1.807, 2.05) is 7.05 Å². The average molecular weight is 285 g/mol. The highest BCUT2D eigenvalue weighted by Crippen LogP contribution is 2.09. The summed E-state index contributed by atoms with van der Waals surface area (Å²) in [5, 5.41) is 13.0. The van der Waals surface area contributed by atoms with Gasteiger partial charge in [-0.15, -0.1) is 11.3 Å². The van der Waals surface area contributed by atoms with Gasteiger partial charge in [0.1, 0.15) is 0 Å². The molecule has 1 amide bonds. The highest BCUT2D eigenvalue weighted by Gasteiger charge is 2.14. The van der Waals surface area contributed by atoms with Crippen molar-refractivity contribution in [3.8, 4) is 0 Å². The van der Waals surface area contributed by atoms with E-state index >= 15 is 0 Å². The van der Waals surface area contributed by atoms with Gasteiger partial charge in [-0.25, -0.2) is 9.78 Å². The number of nitrogens with one attached hydrogen (secondary N) is 1. The monoisotopic (exact) mass is 285 g/mol. The fourth-order valence-corrected chi connectivity index (χ4v) is 2.05. The fourth-order valence-electron chi connectivity index (χ4n) is 1.34. The van der Waals surface area contributed by atoms with Crippen molar-refractivity contribution in [2.75, 3.05) is 20.1 Å². The van der Waals surface area contributed by atoms with Crippen LogP contribution in [0.4, 0.5) is 0 Å². The van der Waals surface area contributed by atoms with Crippen molar-refractivity contribution in [1.82, 2.24) is 15.2 Å². The van der Waals surface area contributed by atoms with Crippen LogP contribution in [0.15, 0.2) is 5.38 Å². The van der Waals surface area contributed by atoms with E-state index in [2.05, 4.69) is 29.0 Å². The van der Waals surface area contributed by atoms with E-state index in [1.54, 1.807) is 0 Å². The lowest BCUT2D eigenvalue weighted by Crippen LogP contribution is -2.31. The van der Waals surface area contributed by atoms with Gasteiger partial charge < -0.3 is 15.3 Å². The van der Waals surface area contributed by atoms with Crippen molar-refractivity contribution in [3.63, 3.8) is 0 Å². The topological polar surface area (TPSA) is 82.5 Å². The van der Waals surface area contributed by atoms with Crippen LogP contribution in [-0.2, 0) is 0 Å². The van der Waals surface area contributed by atoms with E-state index in [0.29, 0.717) is 12.6 Å². The Balaban J connectivity index is 2.33. The summed E-state index contributed by atoms with van der Waals surface area (Å²) in [6, 6.07) is 0.479. The van der Waals surface area contributed by atoms with Crippen molar-refractivity contribution in [1.29, 1.82) is 0 Å². The minimum atomic E-state index is -1.12. The van der Waals surface area contributed by atoms with Crippen molar-refractivity contribution in [2.45, 2.75) is 26.3 Å². The van der Waals surface area contributed by atoms with Gasteiger partial charge in [0.05, 0.1) is 0 Å². The minimum absolute atomic E-state index is 0.0882. The highest BCUT2D eigenvalue weighted by molar-refractivity contribution is 7.11. The van der Waals surface area contributed by atoms with Crippen LogP contribution in [0.5, 0.6) is 0 Å². The lowest BCUT2D eigenvalue weighted by Gasteiger charge is -2.20. The Kier molecular flexibility index (Phi) is 5.91. The Morgan fingerprint density at radius 2 is 2.21 bits per heavy atom. The number of carboxylic acid groups (broad SMARTS) is 1. The number of rotatable bonds is 7. The van der Waals surface area contributed by atoms with Crippen LogP contribution in [-0.4, -0.2) is 53.0 Å². The predicted octanol–water partition coefficient (Wildman–Crippen LogP) is 1.30. The van der Waals surface area contributed by atoms with Crippen LogP contribution in [0.2, 0.25) is 0 Å². The lowest BCUT2D eigenvalue weighted by atomic mass is 10.3. The number of aromatic nitrogens is 1. The molecule has 0 saturated carbocycles. The van der Waals surface area contributed by atoms with Crippen LogP contribution < -0.4 is 5.32 Å². The molecule has 1 aromatic heterocycles. The molecule has 19 heavy (non-hydrogen) atoms. The molecule has 0 bridgehead atoms. The van der Waals surface area contributed by atoms with Gasteiger partial charge in [0.15, 0.2) is 10.7 Å². The molecule has 6 nitrogen and oxygen atoms in total. The zero-order valence-electron chi connectivity index (χ0n) is 11.3. The number of aromatic carboxylic acids is 1. The third-order valence-electron chi connectivity index (χ3n) is 2.77. The van der Waals surface area contributed by atoms with Gasteiger partial charge in [-0.05, 0) is 33.9 Å². The molecular formula is C12H19N3O3S. The summed E-state index contributed by atoms with van der Waals surface area (Å²) in [5.41, 5.74) is -0.0882. The standard InChI is InChI=1S/C12H19N3O3S/c1-8(2)15(3)6-4-5-13-10(16)11-14-9(7-19-11)12(17)18/h7-8H,4-6H2,1-3H3,(H,13,16)(H,17,18). The zero-order chi connectivity index (χ0) is 14.4. The Morgan fingerprint density at radius 1 is 1.53 bits per heavy atom. The first-order chi connectivity index (χ1) is 8.91. The molecule has 0 aliphatic carbocycles. The minimum Gasteiger partial charge on any atom is -0.476 e. The van der Waals surface area contributed by atoms with Crippen molar-refractivity contribution < 1.29 is 14.7 Å². The molecule has 2 N–H and O–H groups in total. The molecule has 1 rings (SSSR count). The first-order valence-electron chi connectivity index (χ1n) is 6.09. The summed E-state index contributed by atoms with van der Waals surface area (Å²) in [5.74, 6) is -1.43. The highest BCUT2D eigenvalue weighted by atomic mass is 32.1. The summed E-state index contributed by atoms with van der Waals surface area (Å²) in [7, 11) is 2.03. The number of hydrogen-bond donors (Lipinski definition) is 2. The average Bonchev–Trinajstić information content (AvgIpc) is 2.83. The quantitative estimate of drug-likeness (QED) is 0.738. The smallest absolute Gasteiger partial charge is 0.355 e. The van der Waals surface area contributed by atoms with Gasteiger partial charge in [0.25, 0.3) is 5.91 Å². The van der Waals surface area contributed by atoms with E-state index in [1.165, 1.54) is 5.38 Å². The molecule has 0 radical (unpaired) electrons. The van der Waals surface area contributed by atoms with Crippen LogP contribution in [0.25, 0.3) is 0 Å². The first kappa shape index (κ1) is 15.6. The number of hydrogen-bond acceptors (Lipinski definition) is 5. The molecule has 1 heterocycles. The SMILES string of the molecule is CC(C)N(C)CCCNC(=O)c1nc(C(=O)O)cs1. The molecule has 0 aliphatic heterocycles. The van der Waals surface area contributed by atoms with E-state index in [4.69, 9.17) is 5.11 Å². The summed E-state index contributed by atoms with van der Waals surface area (Å²) >= 11 is 1.04. The Bertz CT molecular complexity index is 445. The van der Waals surface area contributed by atoms with Crippen LogP contribution in [0.1, 0.15) is 40.6 Å². The van der Waals surface area contributed by atoms with Crippen molar-refractivity contribution in [2.24, 2.45) is 0 Å². The third-order valence-corrected chi connectivity index (χ3v) is 3.61. The van der Waals surface area contributed by atoms with E-state index in [0.717, 1.165) is 24.3 Å². The maximum absolute atomic E-state index is 11.7. The van der Waals surface area contributed by atoms with Gasteiger partial charge in [-0.2, -0.15) is 0 Å². The van der Waals surface area contributed by atoms with Gasteiger partial charge in [0.2, 0.25) is 0 Å². The maximum atomic E-state index is 11.7. The molecule has 0 spiro atoms. The summed E-state index contributed by atoms with van der Waals surface area (Å²) < 4.78 is 0. The number of carboxylic acids is 1. The van der Waals surface area contributed by atoms with Crippen LogP contribution in [0, 0.1) is 0 Å². The van der Waals surface area contributed by atoms with Gasteiger partial charge in [0, 0.05) is 18.0 Å². The molecule has 0 saturated heterocycles. The second kappa shape index (κ2) is 7.20. The third kappa shape index (κ3) is 4.96. The number of thiazole rings is 1. The first-order valence-corrected chi connectivity index (χ1v) is 6.97. The summed E-state index contributed by atoms with van der Waals surface area (Å²) in [6.07, 6.45) is 0.845. The molecule has 7 heteroatoms. The van der Waals surface area contributed by atoms with E-state index < -0.39 is 5.97 Å². The Morgan fingerprint density at radius 3 is 2.74 bits per heavy atom. The number of carbonyl (C=O) groups is 2. The zero-order valence-corrected chi connectivity index (χ0v) is 12.2. The molecule has 0 unspecified atom stereocenters. The van der Waals surface area contributed by atoms with E-state index in [9.17, 15) is 9.59 Å². The normalized spacial score (nSPS) is 11.0. The largest absolute Gasteiger partial charge is 0.476 e. The fraction of sp³-hybridized carbons (Fsp3) is 0.583. The number of nitrogens with zero attached hydrogens (tertiary/aromatic N) is 2. The van der Waals surface area contributed by atoms with Gasteiger partial charge in [-0.1, -0.05) is 0 Å². The van der Waals surface area contributed by atoms with Crippen molar-refractivity contribution in [3.05, 3.63) is 16.1 Å².